The van der Waals surface area contributed by atoms with Crippen LogP contribution in [0.4, 0.5) is 4.39 Å². The number of likely N-dealkylation sites (N-methyl/N-ethyl adjacent to an activating group) is 1. The first-order chi connectivity index (χ1) is 14.6. The summed E-state index contributed by atoms with van der Waals surface area (Å²) < 4.78 is 28.0. The molecule has 4 unspecified atom stereocenters. The van der Waals surface area contributed by atoms with E-state index in [0.29, 0.717) is 17.6 Å². The Labute approximate surface area is 173 Å². The average Bonchev–Trinajstić information content (AvgIpc) is 3.42. The Morgan fingerprint density at radius 2 is 2.20 bits per heavy atom. The highest BCUT2D eigenvalue weighted by Gasteiger charge is 2.70. The number of morpholine rings is 1. The highest BCUT2D eigenvalue weighted by Crippen LogP contribution is 2.55. The number of fused-ring (bicyclic) bond motifs is 1. The van der Waals surface area contributed by atoms with Crippen molar-refractivity contribution in [1.29, 1.82) is 0 Å². The predicted molar refractivity (Wildman–Crippen MR) is 107 cm³/mol. The minimum Gasteiger partial charge on any atom is -0.459 e. The van der Waals surface area contributed by atoms with Crippen molar-refractivity contribution in [3.05, 3.63) is 48.4 Å². The molecule has 0 amide bonds. The lowest BCUT2D eigenvalue weighted by Gasteiger charge is -2.65. The summed E-state index contributed by atoms with van der Waals surface area (Å²) in [6, 6.07) is 8.52. The fraction of sp³-hybridized carbons (Fsp3) is 0.455. The molecular weight excluding hydrogens is 387 g/mol. The maximum absolute atomic E-state index is 13.1. The number of carbonyl (C=O) groups is 1. The number of hydrogen-bond donors (Lipinski definition) is 0. The number of rotatable bonds is 5. The number of carbonyl (C=O) groups excluding carboxylic acids is 1. The van der Waals surface area contributed by atoms with Crippen LogP contribution in [0.1, 0.15) is 23.2 Å². The quantitative estimate of drug-likeness (QED) is 0.605. The van der Waals surface area contributed by atoms with Gasteiger partial charge < -0.3 is 14.0 Å². The number of benzene rings is 1. The monoisotopic (exact) mass is 410 g/mol. The lowest BCUT2D eigenvalue weighted by Crippen LogP contribution is -2.81. The highest BCUT2D eigenvalue weighted by molar-refractivity contribution is 6.05. The molecule has 3 aliphatic rings. The third-order valence-corrected chi connectivity index (χ3v) is 7.07. The van der Waals surface area contributed by atoms with E-state index >= 15 is 0 Å². The van der Waals surface area contributed by atoms with Gasteiger partial charge in [-0.15, -0.1) is 0 Å². The Balaban J connectivity index is 1.28. The van der Waals surface area contributed by atoms with E-state index < -0.39 is 6.67 Å². The topological polar surface area (TPSA) is 61.5 Å². The zero-order valence-corrected chi connectivity index (χ0v) is 16.7. The third-order valence-electron chi connectivity index (χ3n) is 7.07. The third kappa shape index (κ3) is 2.37. The number of aromatic nitrogens is 3. The van der Waals surface area contributed by atoms with Crippen LogP contribution in [0.5, 0.6) is 0 Å². The van der Waals surface area contributed by atoms with Gasteiger partial charge in [-0.2, -0.15) is 5.10 Å². The molecule has 3 fully saturated rings. The summed E-state index contributed by atoms with van der Waals surface area (Å²) in [5, 5.41) is 5.03. The molecule has 2 aliphatic heterocycles. The Hall–Kier alpha value is -2.71. The molecular formula is C22H23FN4O3. The number of esters is 1. The molecule has 1 aromatic carbocycles. The first-order valence-corrected chi connectivity index (χ1v) is 10.4. The summed E-state index contributed by atoms with van der Waals surface area (Å²) in [5.41, 5.74) is 2.10. The van der Waals surface area contributed by atoms with E-state index in [1.807, 2.05) is 28.8 Å². The van der Waals surface area contributed by atoms with Crippen molar-refractivity contribution >= 4 is 16.9 Å². The fourth-order valence-corrected chi connectivity index (χ4v) is 5.56. The number of nitrogens with zero attached hydrogens (tertiary/aromatic N) is 4. The molecule has 2 saturated heterocycles. The van der Waals surface area contributed by atoms with Gasteiger partial charge >= 0.3 is 5.97 Å². The normalized spacial score (nSPS) is 29.9. The molecule has 7 nitrogen and oxygen atoms in total. The van der Waals surface area contributed by atoms with Gasteiger partial charge in [-0.1, -0.05) is 18.2 Å². The smallest absolute Gasteiger partial charge is 0.340 e. The molecule has 0 N–H and O–H groups in total. The maximum atomic E-state index is 13.1. The molecule has 1 saturated carbocycles. The Morgan fingerprint density at radius 1 is 1.33 bits per heavy atom. The molecule has 0 bridgehead atoms. The van der Waals surface area contributed by atoms with Gasteiger partial charge in [0.15, 0.2) is 0 Å². The molecule has 156 valence electrons. The van der Waals surface area contributed by atoms with Gasteiger partial charge in [0.1, 0.15) is 18.4 Å². The van der Waals surface area contributed by atoms with Crippen molar-refractivity contribution in [2.75, 3.05) is 20.3 Å². The van der Waals surface area contributed by atoms with E-state index in [1.54, 1.807) is 23.3 Å². The second-order valence-corrected chi connectivity index (χ2v) is 8.51. The van der Waals surface area contributed by atoms with Crippen molar-refractivity contribution in [3.8, 4) is 5.69 Å². The average molecular weight is 410 g/mol. The zero-order valence-electron chi connectivity index (χ0n) is 16.7. The largest absolute Gasteiger partial charge is 0.459 e. The first-order valence-electron chi connectivity index (χ1n) is 10.4. The van der Waals surface area contributed by atoms with Crippen LogP contribution in [-0.2, 0) is 16.0 Å². The van der Waals surface area contributed by atoms with Crippen LogP contribution in [0, 0.1) is 0 Å². The van der Waals surface area contributed by atoms with E-state index in [9.17, 15) is 9.18 Å². The van der Waals surface area contributed by atoms with Crippen LogP contribution < -0.4 is 0 Å². The zero-order chi connectivity index (χ0) is 20.5. The van der Waals surface area contributed by atoms with Crippen molar-refractivity contribution in [3.63, 3.8) is 0 Å². The number of aryl methyl sites for hydroxylation is 1. The summed E-state index contributed by atoms with van der Waals surface area (Å²) in [4.78, 5) is 15.5. The van der Waals surface area contributed by atoms with Gasteiger partial charge in [0, 0.05) is 36.7 Å². The van der Waals surface area contributed by atoms with Crippen LogP contribution >= 0.6 is 0 Å². The number of hydrogen-bond acceptors (Lipinski definition) is 5. The molecule has 1 aliphatic carbocycles. The molecule has 1 spiro atoms. The second-order valence-electron chi connectivity index (χ2n) is 8.51. The number of halogens is 1. The molecule has 4 heterocycles. The number of likely N-dealkylation sites (tertiary alicyclic amines) is 1. The second kappa shape index (κ2) is 6.39. The SMILES string of the molecule is CN1C2COC23CC(OC(=O)c2cn(-c4cnn(CCF)c4)c4ccccc24)CC13. The molecule has 0 radical (unpaired) electrons. The van der Waals surface area contributed by atoms with E-state index in [1.165, 1.54) is 0 Å². The highest BCUT2D eigenvalue weighted by atomic mass is 19.1. The van der Waals surface area contributed by atoms with E-state index in [-0.39, 0.29) is 24.2 Å². The van der Waals surface area contributed by atoms with Gasteiger partial charge in [-0.25, -0.2) is 9.18 Å². The maximum Gasteiger partial charge on any atom is 0.340 e. The van der Waals surface area contributed by atoms with Crippen LogP contribution in [0.25, 0.3) is 16.6 Å². The van der Waals surface area contributed by atoms with Crippen LogP contribution in [0.15, 0.2) is 42.9 Å². The van der Waals surface area contributed by atoms with Gasteiger partial charge in [-0.3, -0.25) is 9.58 Å². The van der Waals surface area contributed by atoms with Crippen LogP contribution in [0.3, 0.4) is 0 Å². The van der Waals surface area contributed by atoms with E-state index in [4.69, 9.17) is 9.47 Å². The van der Waals surface area contributed by atoms with Crippen molar-refractivity contribution < 1.29 is 18.7 Å². The standard InChI is InChI=1S/C22H23FN4O3/c1-25-19-8-15(9-22(19)20(25)13-29-22)30-21(28)17-12-27(18-5-3-2-4-16(17)18)14-10-24-26(11-14)7-6-23/h2-5,10-12,15,19-20H,6-9,13H2,1H3. The summed E-state index contributed by atoms with van der Waals surface area (Å²) >= 11 is 0. The lowest BCUT2D eigenvalue weighted by molar-refractivity contribution is -0.308. The van der Waals surface area contributed by atoms with Crippen molar-refractivity contribution in [2.24, 2.45) is 0 Å². The molecule has 3 aromatic rings. The van der Waals surface area contributed by atoms with Crippen molar-refractivity contribution in [1.82, 2.24) is 19.2 Å². The minimum atomic E-state index is -0.477. The van der Waals surface area contributed by atoms with E-state index in [0.717, 1.165) is 36.0 Å². The Kier molecular flexibility index (Phi) is 3.85. The summed E-state index contributed by atoms with van der Waals surface area (Å²) in [7, 11) is 2.12. The first kappa shape index (κ1) is 18.1. The van der Waals surface area contributed by atoms with Gasteiger partial charge in [0.25, 0.3) is 0 Å². The molecule has 2 aromatic heterocycles. The van der Waals surface area contributed by atoms with E-state index in [2.05, 4.69) is 17.0 Å². The number of para-hydroxylation sites is 1. The molecule has 8 heteroatoms. The fourth-order valence-electron chi connectivity index (χ4n) is 5.56. The summed E-state index contributed by atoms with van der Waals surface area (Å²) in [6.45, 7) is 0.502. The number of alkyl halides is 1. The van der Waals surface area contributed by atoms with Crippen LogP contribution in [-0.4, -0.2) is 69.3 Å². The summed E-state index contributed by atoms with van der Waals surface area (Å²) in [6.07, 6.45) is 6.69. The Bertz CT molecular complexity index is 1140. The molecule has 6 rings (SSSR count). The van der Waals surface area contributed by atoms with Gasteiger partial charge in [0.2, 0.25) is 0 Å². The lowest BCUT2D eigenvalue weighted by atomic mass is 9.73. The van der Waals surface area contributed by atoms with Gasteiger partial charge in [-0.05, 0) is 13.1 Å². The van der Waals surface area contributed by atoms with Crippen LogP contribution in [0.2, 0.25) is 0 Å². The summed E-state index contributed by atoms with van der Waals surface area (Å²) in [5.74, 6) is -0.317. The molecule has 4 atom stereocenters. The Morgan fingerprint density at radius 3 is 2.97 bits per heavy atom. The minimum absolute atomic E-state index is 0.0985. The van der Waals surface area contributed by atoms with Crippen molar-refractivity contribution in [2.45, 2.75) is 43.2 Å². The van der Waals surface area contributed by atoms with Gasteiger partial charge in [0.05, 0.1) is 42.2 Å². The predicted octanol–water partition coefficient (Wildman–Crippen LogP) is 2.57. The number of ether oxygens (including phenoxy) is 2. The molecule has 30 heavy (non-hydrogen) atoms.